The topological polar surface area (TPSA) is 38.0 Å². The van der Waals surface area contributed by atoms with Gasteiger partial charge in [0.1, 0.15) is 5.01 Å². The third-order valence-corrected chi connectivity index (χ3v) is 4.40. The summed E-state index contributed by atoms with van der Waals surface area (Å²) >= 11 is 1.73. The first-order chi connectivity index (χ1) is 9.76. The van der Waals surface area contributed by atoms with E-state index in [1.54, 1.807) is 11.3 Å². The highest BCUT2D eigenvalue weighted by Crippen LogP contribution is 2.23. The quantitative estimate of drug-likeness (QED) is 0.770. The molecule has 1 unspecified atom stereocenters. The van der Waals surface area contributed by atoms with Crippen molar-refractivity contribution in [2.45, 2.75) is 32.4 Å². The molecule has 0 aliphatic heterocycles. The van der Waals surface area contributed by atoms with Crippen LogP contribution in [0.4, 0.5) is 0 Å². The molecule has 0 radical (unpaired) electrons. The molecule has 0 aliphatic rings. The minimum Gasteiger partial charge on any atom is -0.388 e. The van der Waals surface area contributed by atoms with Crippen molar-refractivity contribution in [3.05, 3.63) is 53.3 Å². The predicted octanol–water partition coefficient (Wildman–Crippen LogP) is 3.98. The van der Waals surface area contributed by atoms with Crippen LogP contribution in [0, 0.1) is 0 Å². The number of benzene rings is 1. The largest absolute Gasteiger partial charge is 0.388 e. The average Bonchev–Trinajstić information content (AvgIpc) is 3.05. The first-order valence-corrected chi connectivity index (χ1v) is 7.76. The van der Waals surface area contributed by atoms with E-state index in [9.17, 15) is 5.11 Å². The van der Waals surface area contributed by atoms with Crippen LogP contribution in [-0.2, 0) is 6.54 Å². The lowest BCUT2D eigenvalue weighted by molar-refractivity contribution is 0.166. The molecule has 104 valence electrons. The van der Waals surface area contributed by atoms with Crippen molar-refractivity contribution in [1.82, 2.24) is 9.55 Å². The molecule has 2 heterocycles. The molecule has 0 spiro atoms. The smallest absolute Gasteiger partial charge is 0.114 e. The van der Waals surface area contributed by atoms with Crippen molar-refractivity contribution in [1.29, 1.82) is 0 Å². The number of nitrogens with zero attached hydrogens (tertiary/aromatic N) is 2. The minimum absolute atomic E-state index is 0.350. The summed E-state index contributed by atoms with van der Waals surface area (Å²) in [7, 11) is 0. The molecule has 0 saturated carbocycles. The Morgan fingerprint density at radius 2 is 2.15 bits per heavy atom. The zero-order chi connectivity index (χ0) is 13.9. The van der Waals surface area contributed by atoms with Crippen LogP contribution in [0.25, 0.3) is 10.2 Å². The lowest BCUT2D eigenvalue weighted by Gasteiger charge is -2.06. The average molecular weight is 286 g/mol. The van der Waals surface area contributed by atoms with E-state index >= 15 is 0 Å². The number of para-hydroxylation sites is 1. The van der Waals surface area contributed by atoms with E-state index in [-0.39, 0.29) is 6.10 Å². The number of hydrogen-bond donors (Lipinski definition) is 1. The Morgan fingerprint density at radius 3 is 2.95 bits per heavy atom. The fourth-order valence-corrected chi connectivity index (χ4v) is 3.31. The van der Waals surface area contributed by atoms with Gasteiger partial charge in [-0.05, 0) is 30.2 Å². The summed E-state index contributed by atoms with van der Waals surface area (Å²) in [6.07, 6.45) is 5.49. The highest BCUT2D eigenvalue weighted by molar-refractivity contribution is 7.18. The van der Waals surface area contributed by atoms with Gasteiger partial charge in [-0.25, -0.2) is 4.98 Å². The van der Waals surface area contributed by atoms with E-state index < -0.39 is 0 Å². The van der Waals surface area contributed by atoms with Gasteiger partial charge in [0.15, 0.2) is 0 Å². The van der Waals surface area contributed by atoms with Crippen LogP contribution < -0.4 is 0 Å². The molecule has 0 amide bonds. The van der Waals surface area contributed by atoms with Crippen LogP contribution in [0.3, 0.4) is 0 Å². The van der Waals surface area contributed by atoms with Gasteiger partial charge in [-0.1, -0.05) is 25.5 Å². The number of aromatic nitrogens is 2. The maximum Gasteiger partial charge on any atom is 0.114 e. The number of fused-ring (bicyclic) bond motifs is 1. The molecule has 1 N–H and O–H groups in total. The van der Waals surface area contributed by atoms with E-state index in [2.05, 4.69) is 22.5 Å². The number of aliphatic hydroxyl groups excluding tert-OH is 1. The van der Waals surface area contributed by atoms with Crippen LogP contribution in [-0.4, -0.2) is 14.7 Å². The van der Waals surface area contributed by atoms with Crippen molar-refractivity contribution in [3.8, 4) is 0 Å². The molecular formula is C16H18N2OS. The molecule has 3 nitrogen and oxygen atoms in total. The van der Waals surface area contributed by atoms with E-state index in [0.29, 0.717) is 0 Å². The number of rotatable bonds is 5. The molecule has 4 heteroatoms. The van der Waals surface area contributed by atoms with Gasteiger partial charge in [-0.15, -0.1) is 11.3 Å². The van der Waals surface area contributed by atoms with Crippen LogP contribution in [0.1, 0.15) is 36.4 Å². The van der Waals surface area contributed by atoms with Crippen molar-refractivity contribution in [3.63, 3.8) is 0 Å². The number of thiazole rings is 1. The van der Waals surface area contributed by atoms with Gasteiger partial charge >= 0.3 is 0 Å². The Bertz CT molecular complexity index is 668. The third kappa shape index (κ3) is 2.76. The molecule has 2 aromatic heterocycles. The van der Waals surface area contributed by atoms with Gasteiger partial charge in [-0.3, -0.25) is 0 Å². The second-order valence-corrected chi connectivity index (χ2v) is 6.11. The maximum atomic E-state index is 9.99. The second kappa shape index (κ2) is 5.77. The van der Waals surface area contributed by atoms with Crippen molar-refractivity contribution in [2.24, 2.45) is 0 Å². The van der Waals surface area contributed by atoms with Crippen molar-refractivity contribution < 1.29 is 5.11 Å². The highest BCUT2D eigenvalue weighted by Gasteiger charge is 2.09. The van der Waals surface area contributed by atoms with Gasteiger partial charge in [0, 0.05) is 12.4 Å². The summed E-state index contributed by atoms with van der Waals surface area (Å²) in [5.74, 6) is 0. The Morgan fingerprint density at radius 1 is 1.30 bits per heavy atom. The van der Waals surface area contributed by atoms with Gasteiger partial charge in [0.05, 0.1) is 22.9 Å². The first kappa shape index (κ1) is 13.3. The van der Waals surface area contributed by atoms with E-state index in [1.807, 2.05) is 36.7 Å². The summed E-state index contributed by atoms with van der Waals surface area (Å²) in [6, 6.07) is 10.2. The zero-order valence-electron chi connectivity index (χ0n) is 11.5. The zero-order valence-corrected chi connectivity index (χ0v) is 12.3. The van der Waals surface area contributed by atoms with Crippen molar-refractivity contribution >= 4 is 21.6 Å². The lowest BCUT2D eigenvalue weighted by Crippen LogP contribution is -1.97. The Hall–Kier alpha value is -1.65. The normalized spacial score (nSPS) is 12.9. The molecule has 0 aliphatic carbocycles. The molecule has 0 saturated heterocycles. The Kier molecular flexibility index (Phi) is 3.85. The van der Waals surface area contributed by atoms with E-state index in [1.165, 1.54) is 4.70 Å². The summed E-state index contributed by atoms with van der Waals surface area (Å²) in [5, 5.41) is 11.1. The fraction of sp³-hybridized carbons (Fsp3) is 0.312. The summed E-state index contributed by atoms with van der Waals surface area (Å²) < 4.78 is 3.31. The lowest BCUT2D eigenvalue weighted by atomic mass is 10.1. The molecule has 3 aromatic rings. The molecule has 1 aromatic carbocycles. The SMILES string of the molecule is CCCC(O)c1ccn(Cc2nc3ccccc3s2)c1. The molecule has 1 atom stereocenters. The van der Waals surface area contributed by atoms with Crippen LogP contribution in [0.2, 0.25) is 0 Å². The summed E-state index contributed by atoms with van der Waals surface area (Å²) in [5.41, 5.74) is 2.05. The Labute approximate surface area is 122 Å². The van der Waals surface area contributed by atoms with Gasteiger partial charge in [0.25, 0.3) is 0 Å². The van der Waals surface area contributed by atoms with Crippen LogP contribution in [0.5, 0.6) is 0 Å². The van der Waals surface area contributed by atoms with E-state index in [0.717, 1.165) is 35.5 Å². The van der Waals surface area contributed by atoms with Gasteiger partial charge in [-0.2, -0.15) is 0 Å². The van der Waals surface area contributed by atoms with Crippen LogP contribution >= 0.6 is 11.3 Å². The molecule has 20 heavy (non-hydrogen) atoms. The molecule has 0 fully saturated rings. The van der Waals surface area contributed by atoms with Gasteiger partial charge < -0.3 is 9.67 Å². The first-order valence-electron chi connectivity index (χ1n) is 6.94. The summed E-state index contributed by atoms with van der Waals surface area (Å²) in [4.78, 5) is 4.63. The predicted molar refractivity (Wildman–Crippen MR) is 83.0 cm³/mol. The van der Waals surface area contributed by atoms with Crippen molar-refractivity contribution in [2.75, 3.05) is 0 Å². The molecular weight excluding hydrogens is 268 g/mol. The Balaban J connectivity index is 1.77. The van der Waals surface area contributed by atoms with E-state index in [4.69, 9.17) is 0 Å². The highest BCUT2D eigenvalue weighted by atomic mass is 32.1. The standard InChI is InChI=1S/C16H18N2OS/c1-2-5-14(19)12-8-9-18(10-12)11-16-17-13-6-3-4-7-15(13)20-16/h3-4,6-10,14,19H,2,5,11H2,1H3. The number of aliphatic hydroxyl groups is 1. The van der Waals surface area contributed by atoms with Gasteiger partial charge in [0.2, 0.25) is 0 Å². The molecule has 0 bridgehead atoms. The molecule has 3 rings (SSSR count). The van der Waals surface area contributed by atoms with Crippen LogP contribution in [0.15, 0.2) is 42.7 Å². The fourth-order valence-electron chi connectivity index (χ4n) is 2.34. The monoisotopic (exact) mass is 286 g/mol. The second-order valence-electron chi connectivity index (χ2n) is 5.00. The minimum atomic E-state index is -0.350. The summed E-state index contributed by atoms with van der Waals surface area (Å²) in [6.45, 7) is 2.85. The maximum absolute atomic E-state index is 9.99. The number of hydrogen-bond acceptors (Lipinski definition) is 3. The third-order valence-electron chi connectivity index (χ3n) is 3.38.